The predicted molar refractivity (Wildman–Crippen MR) is 107 cm³/mol. The van der Waals surface area contributed by atoms with Crippen molar-refractivity contribution in [3.63, 3.8) is 0 Å². The van der Waals surface area contributed by atoms with E-state index in [0.29, 0.717) is 5.41 Å². The lowest BCUT2D eigenvalue weighted by Crippen LogP contribution is -2.28. The number of hydrogen-bond acceptors (Lipinski definition) is 1. The Hall–Kier alpha value is -1.08. The van der Waals surface area contributed by atoms with Crippen LogP contribution in [0.15, 0.2) is 36.9 Å². The van der Waals surface area contributed by atoms with Crippen molar-refractivity contribution in [2.24, 2.45) is 11.8 Å². The van der Waals surface area contributed by atoms with Crippen molar-refractivity contribution in [3.05, 3.63) is 48.0 Å². The lowest BCUT2D eigenvalue weighted by atomic mass is 9.68. The Morgan fingerprint density at radius 2 is 1.88 bits per heavy atom. The highest BCUT2D eigenvalue weighted by Gasteiger charge is 2.31. The normalized spacial score (nSPS) is 25.4. The summed E-state index contributed by atoms with van der Waals surface area (Å²) in [5.74, 6) is 1.59. The maximum Gasteiger partial charge on any atom is -0.00493 e. The van der Waals surface area contributed by atoms with Gasteiger partial charge in [0.05, 0.1) is 0 Å². The van der Waals surface area contributed by atoms with Crippen molar-refractivity contribution < 1.29 is 0 Å². The number of allylic oxidation sites excluding steroid dienone is 1. The van der Waals surface area contributed by atoms with Crippen LogP contribution in [0.4, 0.5) is 0 Å². The Bertz CT molecular complexity index is 479. The van der Waals surface area contributed by atoms with Gasteiger partial charge >= 0.3 is 0 Å². The van der Waals surface area contributed by atoms with Gasteiger partial charge in [0.2, 0.25) is 0 Å². The van der Waals surface area contributed by atoms with Crippen LogP contribution in [0.3, 0.4) is 0 Å². The van der Waals surface area contributed by atoms with Crippen molar-refractivity contribution in [3.8, 4) is 0 Å². The van der Waals surface area contributed by atoms with E-state index in [1.807, 2.05) is 0 Å². The first-order valence-corrected chi connectivity index (χ1v) is 9.98. The zero-order chi connectivity index (χ0) is 17.4. The molecule has 1 aliphatic rings. The molecular weight excluding hydrogens is 290 g/mol. The molecule has 1 fully saturated rings. The van der Waals surface area contributed by atoms with Gasteiger partial charge < -0.3 is 5.32 Å². The molecule has 1 aromatic rings. The molecule has 0 aliphatic heterocycles. The highest BCUT2D eigenvalue weighted by Crippen LogP contribution is 2.41. The summed E-state index contributed by atoms with van der Waals surface area (Å²) in [6.07, 6.45) is 12.5. The Kier molecular flexibility index (Phi) is 7.55. The summed E-state index contributed by atoms with van der Waals surface area (Å²) >= 11 is 0. The van der Waals surface area contributed by atoms with E-state index in [0.717, 1.165) is 18.4 Å². The minimum absolute atomic E-state index is 0.372. The van der Waals surface area contributed by atoms with Crippen LogP contribution in [0.25, 0.3) is 0 Å². The van der Waals surface area contributed by atoms with E-state index in [-0.39, 0.29) is 0 Å². The molecule has 1 saturated carbocycles. The SMILES string of the molecule is C=CC1CCC(C)(c2ccc(CCC(CC)CCNC)cc2)CC1. The predicted octanol–water partition coefficient (Wildman–Crippen LogP) is 5.89. The molecule has 2 rings (SSSR count). The average molecular weight is 328 g/mol. The lowest BCUT2D eigenvalue weighted by molar-refractivity contribution is 0.278. The highest BCUT2D eigenvalue weighted by molar-refractivity contribution is 5.29. The first-order chi connectivity index (χ1) is 11.6. The van der Waals surface area contributed by atoms with Crippen molar-refractivity contribution in [1.82, 2.24) is 5.32 Å². The van der Waals surface area contributed by atoms with Gasteiger partial charge in [-0.15, -0.1) is 6.58 Å². The fourth-order valence-corrected chi connectivity index (χ4v) is 4.15. The summed E-state index contributed by atoms with van der Waals surface area (Å²) in [6.45, 7) is 9.89. The van der Waals surface area contributed by atoms with Gasteiger partial charge in [0.15, 0.2) is 0 Å². The topological polar surface area (TPSA) is 12.0 Å². The molecule has 1 atom stereocenters. The number of rotatable bonds is 9. The quantitative estimate of drug-likeness (QED) is 0.558. The Morgan fingerprint density at radius 3 is 2.42 bits per heavy atom. The Balaban J connectivity index is 1.89. The van der Waals surface area contributed by atoms with Crippen LogP contribution in [-0.2, 0) is 11.8 Å². The highest BCUT2D eigenvalue weighted by atomic mass is 14.8. The van der Waals surface area contributed by atoms with Gasteiger partial charge in [0, 0.05) is 0 Å². The van der Waals surface area contributed by atoms with Gasteiger partial charge in [-0.3, -0.25) is 0 Å². The van der Waals surface area contributed by atoms with Gasteiger partial charge in [-0.25, -0.2) is 0 Å². The molecule has 0 radical (unpaired) electrons. The maximum absolute atomic E-state index is 3.97. The molecule has 0 amide bonds. The van der Waals surface area contributed by atoms with E-state index in [1.165, 1.54) is 62.5 Å². The molecule has 1 nitrogen and oxygen atoms in total. The molecule has 0 aromatic heterocycles. The minimum atomic E-state index is 0.372. The van der Waals surface area contributed by atoms with Crippen molar-refractivity contribution in [1.29, 1.82) is 0 Å². The molecule has 1 heteroatoms. The lowest BCUT2D eigenvalue weighted by Gasteiger charge is -2.37. The fraction of sp³-hybridized carbons (Fsp3) is 0.652. The number of nitrogens with one attached hydrogen (secondary N) is 1. The van der Waals surface area contributed by atoms with Crippen LogP contribution >= 0.6 is 0 Å². The maximum atomic E-state index is 3.97. The minimum Gasteiger partial charge on any atom is -0.320 e. The molecule has 1 N–H and O–H groups in total. The smallest absolute Gasteiger partial charge is 0.00493 e. The van der Waals surface area contributed by atoms with Crippen LogP contribution < -0.4 is 5.32 Å². The summed E-state index contributed by atoms with van der Waals surface area (Å²) in [7, 11) is 2.05. The summed E-state index contributed by atoms with van der Waals surface area (Å²) in [5, 5.41) is 3.28. The zero-order valence-corrected chi connectivity index (χ0v) is 16.1. The largest absolute Gasteiger partial charge is 0.320 e. The van der Waals surface area contributed by atoms with Crippen molar-refractivity contribution >= 4 is 0 Å². The fourth-order valence-electron chi connectivity index (χ4n) is 4.15. The first-order valence-electron chi connectivity index (χ1n) is 9.98. The molecule has 0 bridgehead atoms. The monoisotopic (exact) mass is 327 g/mol. The van der Waals surface area contributed by atoms with Gasteiger partial charge in [0.25, 0.3) is 0 Å². The average Bonchev–Trinajstić information content (AvgIpc) is 2.63. The third kappa shape index (κ3) is 5.21. The molecule has 24 heavy (non-hydrogen) atoms. The molecular formula is C23H37N. The van der Waals surface area contributed by atoms with Crippen LogP contribution in [-0.4, -0.2) is 13.6 Å². The molecule has 0 saturated heterocycles. The number of benzene rings is 1. The second-order valence-corrected chi connectivity index (χ2v) is 8.04. The number of hydrogen-bond donors (Lipinski definition) is 1. The van der Waals surface area contributed by atoms with E-state index in [1.54, 1.807) is 0 Å². The van der Waals surface area contributed by atoms with Gasteiger partial charge in [-0.1, -0.05) is 50.6 Å². The summed E-state index contributed by atoms with van der Waals surface area (Å²) in [4.78, 5) is 0. The molecule has 1 unspecified atom stereocenters. The second kappa shape index (κ2) is 9.42. The van der Waals surface area contributed by atoms with Gasteiger partial charge in [0.1, 0.15) is 0 Å². The first kappa shape index (κ1) is 19.2. The third-order valence-corrected chi connectivity index (χ3v) is 6.34. The summed E-state index contributed by atoms with van der Waals surface area (Å²) < 4.78 is 0. The van der Waals surface area contributed by atoms with Crippen LogP contribution in [0.5, 0.6) is 0 Å². The molecule has 134 valence electrons. The van der Waals surface area contributed by atoms with E-state index in [4.69, 9.17) is 0 Å². The molecule has 0 heterocycles. The Labute approximate surface area is 149 Å². The van der Waals surface area contributed by atoms with Gasteiger partial charge in [-0.05, 0) is 86.9 Å². The summed E-state index contributed by atoms with van der Waals surface area (Å²) in [6, 6.07) is 9.56. The van der Waals surface area contributed by atoms with Crippen molar-refractivity contribution in [2.45, 2.75) is 70.6 Å². The van der Waals surface area contributed by atoms with Gasteiger partial charge in [-0.2, -0.15) is 0 Å². The van der Waals surface area contributed by atoms with Crippen LogP contribution in [0.2, 0.25) is 0 Å². The molecule has 1 aliphatic carbocycles. The van der Waals surface area contributed by atoms with Crippen LogP contribution in [0.1, 0.15) is 69.9 Å². The second-order valence-electron chi connectivity index (χ2n) is 8.04. The van der Waals surface area contributed by atoms with E-state index < -0.39 is 0 Å². The summed E-state index contributed by atoms with van der Waals surface area (Å²) in [5.41, 5.74) is 3.41. The zero-order valence-electron chi connectivity index (χ0n) is 16.1. The van der Waals surface area contributed by atoms with E-state index in [9.17, 15) is 0 Å². The standard InChI is InChI=1S/C23H37N/c1-5-19(15-18-24-4)7-8-21-9-11-22(12-10-21)23(3)16-13-20(6-2)14-17-23/h6,9-12,19-20,24H,2,5,7-8,13-18H2,1,3-4H3. The van der Waals surface area contributed by atoms with E-state index >= 15 is 0 Å². The van der Waals surface area contributed by atoms with E-state index in [2.05, 4.69) is 63.1 Å². The molecule has 1 aromatic carbocycles. The molecule has 0 spiro atoms. The number of aryl methyl sites for hydroxylation is 1. The Morgan fingerprint density at radius 1 is 1.21 bits per heavy atom. The van der Waals surface area contributed by atoms with Crippen LogP contribution in [0, 0.1) is 11.8 Å². The third-order valence-electron chi connectivity index (χ3n) is 6.34. The van der Waals surface area contributed by atoms with Crippen molar-refractivity contribution in [2.75, 3.05) is 13.6 Å².